The molecular weight excluding hydrogens is 418 g/mol. The molecule has 0 unspecified atom stereocenters. The SMILES string of the molecule is CCCCCCSc1cc2c(cc1C#Cc1ccc(C(=O)OCC)cn1)C(C)(C)CCO2. The Morgan fingerprint density at radius 3 is 2.75 bits per heavy atom. The zero-order valence-electron chi connectivity index (χ0n) is 19.6. The van der Waals surface area contributed by atoms with Gasteiger partial charge >= 0.3 is 5.97 Å². The molecule has 0 radical (unpaired) electrons. The van der Waals surface area contributed by atoms with Crippen molar-refractivity contribution in [2.45, 2.75) is 70.1 Å². The molecule has 0 saturated carbocycles. The van der Waals surface area contributed by atoms with Crippen molar-refractivity contribution >= 4 is 17.7 Å². The van der Waals surface area contributed by atoms with E-state index in [4.69, 9.17) is 9.47 Å². The monoisotopic (exact) mass is 451 g/mol. The molecular formula is C27H33NO3S. The lowest BCUT2D eigenvalue weighted by atomic mass is 9.79. The van der Waals surface area contributed by atoms with E-state index in [2.05, 4.69) is 49.7 Å². The number of pyridine rings is 1. The minimum Gasteiger partial charge on any atom is -0.493 e. The number of hydrogen-bond donors (Lipinski definition) is 0. The predicted molar refractivity (Wildman–Crippen MR) is 131 cm³/mol. The van der Waals surface area contributed by atoms with Crippen LogP contribution in [0.15, 0.2) is 35.4 Å². The lowest BCUT2D eigenvalue weighted by Crippen LogP contribution is -2.26. The first-order chi connectivity index (χ1) is 15.4. The molecule has 2 heterocycles. The summed E-state index contributed by atoms with van der Waals surface area (Å²) in [5.41, 5.74) is 3.36. The van der Waals surface area contributed by atoms with Gasteiger partial charge in [-0.3, -0.25) is 0 Å². The van der Waals surface area contributed by atoms with Crippen LogP contribution in [0.25, 0.3) is 0 Å². The smallest absolute Gasteiger partial charge is 0.339 e. The van der Waals surface area contributed by atoms with Gasteiger partial charge in [-0.1, -0.05) is 46.0 Å². The normalized spacial score (nSPS) is 14.0. The van der Waals surface area contributed by atoms with Crippen LogP contribution in [0.5, 0.6) is 5.75 Å². The van der Waals surface area contributed by atoms with Crippen LogP contribution in [0.2, 0.25) is 0 Å². The van der Waals surface area contributed by atoms with Gasteiger partial charge in [0.25, 0.3) is 0 Å². The molecule has 0 bridgehead atoms. The Morgan fingerprint density at radius 1 is 1.19 bits per heavy atom. The van der Waals surface area contributed by atoms with Gasteiger partial charge in [-0.2, -0.15) is 0 Å². The maximum absolute atomic E-state index is 11.8. The third kappa shape index (κ3) is 6.29. The number of esters is 1. The lowest BCUT2D eigenvalue weighted by Gasteiger charge is -2.33. The number of thioether (sulfide) groups is 1. The molecule has 1 aromatic heterocycles. The van der Waals surface area contributed by atoms with Crippen LogP contribution in [0.4, 0.5) is 0 Å². The summed E-state index contributed by atoms with van der Waals surface area (Å²) in [5.74, 6) is 8.21. The number of carbonyl (C=O) groups excluding carboxylic acids is 1. The van der Waals surface area contributed by atoms with Gasteiger partial charge in [-0.15, -0.1) is 11.8 Å². The molecule has 4 nitrogen and oxygen atoms in total. The van der Waals surface area contributed by atoms with E-state index >= 15 is 0 Å². The molecule has 0 spiro atoms. The average molecular weight is 452 g/mol. The fourth-order valence-corrected chi connectivity index (χ4v) is 4.65. The summed E-state index contributed by atoms with van der Waals surface area (Å²) < 4.78 is 11.0. The molecule has 0 N–H and O–H groups in total. The maximum Gasteiger partial charge on any atom is 0.339 e. The van der Waals surface area contributed by atoms with Crippen molar-refractivity contribution < 1.29 is 14.3 Å². The number of hydrogen-bond acceptors (Lipinski definition) is 5. The summed E-state index contributed by atoms with van der Waals surface area (Å²) >= 11 is 1.85. The van der Waals surface area contributed by atoms with Crippen molar-refractivity contribution in [1.29, 1.82) is 0 Å². The van der Waals surface area contributed by atoms with Gasteiger partial charge in [0.1, 0.15) is 11.4 Å². The predicted octanol–water partition coefficient (Wildman–Crippen LogP) is 6.39. The van der Waals surface area contributed by atoms with Crippen LogP contribution in [0.1, 0.15) is 87.0 Å². The zero-order valence-corrected chi connectivity index (χ0v) is 20.4. The average Bonchev–Trinajstić information content (AvgIpc) is 2.78. The Labute approximate surface area is 196 Å². The van der Waals surface area contributed by atoms with E-state index in [-0.39, 0.29) is 11.4 Å². The molecule has 1 aliphatic rings. The summed E-state index contributed by atoms with van der Waals surface area (Å²) in [4.78, 5) is 17.3. The second kappa shape index (κ2) is 11.4. The lowest BCUT2D eigenvalue weighted by molar-refractivity contribution is 0.0526. The van der Waals surface area contributed by atoms with E-state index in [9.17, 15) is 4.79 Å². The van der Waals surface area contributed by atoms with Gasteiger partial charge in [0, 0.05) is 22.2 Å². The van der Waals surface area contributed by atoms with Crippen LogP contribution < -0.4 is 4.74 Å². The van der Waals surface area contributed by atoms with Gasteiger partial charge < -0.3 is 9.47 Å². The Kier molecular flexibility index (Phi) is 8.64. The molecule has 0 aliphatic carbocycles. The Balaban J connectivity index is 1.86. The third-order valence-electron chi connectivity index (χ3n) is 5.65. The van der Waals surface area contributed by atoms with Crippen LogP contribution >= 0.6 is 11.8 Å². The van der Waals surface area contributed by atoms with Crippen molar-refractivity contribution in [3.63, 3.8) is 0 Å². The second-order valence-corrected chi connectivity index (χ2v) is 9.78. The van der Waals surface area contributed by atoms with Gasteiger partial charge in [0.05, 0.1) is 18.8 Å². The number of nitrogens with zero attached hydrogens (tertiary/aromatic N) is 1. The molecule has 0 atom stereocenters. The molecule has 1 aliphatic heterocycles. The minimum atomic E-state index is -0.363. The standard InChI is InChI=1S/C27H33NO3S/c1-5-7-8-9-16-32-25-18-24-23(27(3,4)14-15-31-24)17-20(25)10-12-22-13-11-21(19-28-22)26(29)30-6-2/h11,13,17-19H,5-9,14-16H2,1-4H3. The van der Waals surface area contributed by atoms with Gasteiger partial charge in [0.2, 0.25) is 0 Å². The summed E-state index contributed by atoms with van der Waals surface area (Å²) in [6.07, 6.45) is 7.50. The van der Waals surface area contributed by atoms with Gasteiger partial charge in [-0.25, -0.2) is 9.78 Å². The molecule has 0 amide bonds. The summed E-state index contributed by atoms with van der Waals surface area (Å²) in [6.45, 7) is 9.64. The van der Waals surface area contributed by atoms with Crippen LogP contribution in [-0.2, 0) is 10.2 Å². The van der Waals surface area contributed by atoms with E-state index in [0.29, 0.717) is 17.9 Å². The Bertz CT molecular complexity index is 986. The molecule has 170 valence electrons. The van der Waals surface area contributed by atoms with Gasteiger partial charge in [-0.05, 0) is 61.1 Å². The van der Waals surface area contributed by atoms with E-state index in [1.807, 2.05) is 11.8 Å². The second-order valence-electron chi connectivity index (χ2n) is 8.64. The summed E-state index contributed by atoms with van der Waals surface area (Å²) in [7, 11) is 0. The van der Waals surface area contributed by atoms with Crippen molar-refractivity contribution in [3.8, 4) is 17.6 Å². The Hall–Kier alpha value is -2.45. The number of carbonyl (C=O) groups is 1. The highest BCUT2D eigenvalue weighted by Crippen LogP contribution is 2.41. The number of unbranched alkanes of at least 4 members (excludes halogenated alkanes) is 3. The number of benzene rings is 1. The third-order valence-corrected chi connectivity index (χ3v) is 6.79. The van der Waals surface area contributed by atoms with E-state index in [0.717, 1.165) is 35.0 Å². The summed E-state index contributed by atoms with van der Waals surface area (Å²) in [5, 5.41) is 0. The highest BCUT2D eigenvalue weighted by molar-refractivity contribution is 7.99. The quantitative estimate of drug-likeness (QED) is 0.201. The summed E-state index contributed by atoms with van der Waals surface area (Å²) in [6, 6.07) is 7.84. The van der Waals surface area contributed by atoms with Crippen molar-refractivity contribution in [1.82, 2.24) is 4.98 Å². The van der Waals surface area contributed by atoms with Crippen molar-refractivity contribution in [2.75, 3.05) is 19.0 Å². The maximum atomic E-state index is 11.8. The van der Waals surface area contributed by atoms with E-state index in [1.54, 1.807) is 19.1 Å². The fourth-order valence-electron chi connectivity index (χ4n) is 3.62. The van der Waals surface area contributed by atoms with Crippen molar-refractivity contribution in [2.24, 2.45) is 0 Å². The topological polar surface area (TPSA) is 48.4 Å². The van der Waals surface area contributed by atoms with Gasteiger partial charge in [0.15, 0.2) is 0 Å². The van der Waals surface area contributed by atoms with E-state index in [1.165, 1.54) is 37.4 Å². The van der Waals surface area contributed by atoms with Crippen LogP contribution in [-0.4, -0.2) is 29.9 Å². The van der Waals surface area contributed by atoms with Crippen LogP contribution in [0.3, 0.4) is 0 Å². The number of aromatic nitrogens is 1. The molecule has 5 heteroatoms. The Morgan fingerprint density at radius 2 is 2.03 bits per heavy atom. The molecule has 3 rings (SSSR count). The minimum absolute atomic E-state index is 0.0634. The van der Waals surface area contributed by atoms with Crippen LogP contribution in [0, 0.1) is 11.8 Å². The van der Waals surface area contributed by atoms with Crippen molar-refractivity contribution in [3.05, 3.63) is 52.8 Å². The first-order valence-corrected chi connectivity index (χ1v) is 12.5. The highest BCUT2D eigenvalue weighted by Gasteiger charge is 2.29. The fraction of sp³-hybridized carbons (Fsp3) is 0.481. The zero-order chi connectivity index (χ0) is 23.0. The molecule has 1 aromatic carbocycles. The molecule has 0 fully saturated rings. The number of fused-ring (bicyclic) bond motifs is 1. The van der Waals surface area contributed by atoms with E-state index < -0.39 is 0 Å². The largest absolute Gasteiger partial charge is 0.493 e. The number of rotatable bonds is 8. The first kappa shape index (κ1) is 24.2. The highest BCUT2D eigenvalue weighted by atomic mass is 32.2. The molecule has 0 saturated heterocycles. The molecule has 2 aromatic rings. The first-order valence-electron chi connectivity index (χ1n) is 11.5. The number of ether oxygens (including phenoxy) is 2. The molecule has 32 heavy (non-hydrogen) atoms.